The van der Waals surface area contributed by atoms with Crippen LogP contribution < -0.4 is 4.74 Å². The average Bonchev–Trinajstić information content (AvgIpc) is 3.05. The molecule has 1 aromatic carbocycles. The second kappa shape index (κ2) is 11.5. The predicted octanol–water partition coefficient (Wildman–Crippen LogP) is 3.45. The van der Waals surface area contributed by atoms with Gasteiger partial charge in [-0.15, -0.1) is 0 Å². The summed E-state index contributed by atoms with van der Waals surface area (Å²) in [7, 11) is -2.13. The molecule has 0 spiro atoms. The van der Waals surface area contributed by atoms with E-state index in [0.717, 1.165) is 32.0 Å². The van der Waals surface area contributed by atoms with Gasteiger partial charge < -0.3 is 14.5 Å². The van der Waals surface area contributed by atoms with Gasteiger partial charge in [0.1, 0.15) is 5.75 Å². The van der Waals surface area contributed by atoms with Crippen LogP contribution in [0.2, 0.25) is 0 Å². The van der Waals surface area contributed by atoms with Crippen LogP contribution >= 0.6 is 0 Å². The molecule has 1 heterocycles. The Bertz CT molecular complexity index is 864. The second-order valence-corrected chi connectivity index (χ2v) is 10.8. The number of carbonyl (C=O) groups excluding carboxylic acids is 1. The summed E-state index contributed by atoms with van der Waals surface area (Å²) in [6, 6.07) is 4.61. The summed E-state index contributed by atoms with van der Waals surface area (Å²) < 4.78 is 32.8. The number of ether oxygens (including phenoxy) is 1. The van der Waals surface area contributed by atoms with E-state index >= 15 is 0 Å². The molecule has 0 N–H and O–H groups in total. The lowest BCUT2D eigenvalue weighted by Crippen LogP contribution is -2.37. The minimum atomic E-state index is -3.65. The maximum absolute atomic E-state index is 13.4. The van der Waals surface area contributed by atoms with E-state index in [1.807, 2.05) is 18.7 Å². The van der Waals surface area contributed by atoms with E-state index in [0.29, 0.717) is 37.5 Å². The van der Waals surface area contributed by atoms with Crippen LogP contribution in [0.4, 0.5) is 0 Å². The first kappa shape index (κ1) is 25.0. The van der Waals surface area contributed by atoms with Gasteiger partial charge >= 0.3 is 0 Å². The average molecular weight is 466 g/mol. The Morgan fingerprint density at radius 2 is 1.75 bits per heavy atom. The van der Waals surface area contributed by atoms with Crippen molar-refractivity contribution in [2.24, 2.45) is 5.92 Å². The van der Waals surface area contributed by atoms with Crippen LogP contribution in [0.5, 0.6) is 5.75 Å². The van der Waals surface area contributed by atoms with E-state index in [4.69, 9.17) is 4.74 Å². The lowest BCUT2D eigenvalue weighted by Gasteiger charge is -2.29. The minimum Gasteiger partial charge on any atom is -0.496 e. The predicted molar refractivity (Wildman–Crippen MR) is 127 cm³/mol. The van der Waals surface area contributed by atoms with Crippen molar-refractivity contribution in [3.05, 3.63) is 23.8 Å². The second-order valence-electron chi connectivity index (χ2n) is 8.90. The standard InChI is InChI=1S/C24H39N3O4S/c1-4-27(5-2)32(29,30)21-12-13-23(31-3)22(18-21)24(28)26-15-9-14-25(16-17-26)19-20-10-7-6-8-11-20/h12-13,18,20H,4-11,14-17,19H2,1-3H3. The van der Waals surface area contributed by atoms with Gasteiger partial charge in [-0.05, 0) is 49.9 Å². The molecule has 1 saturated carbocycles. The molecule has 32 heavy (non-hydrogen) atoms. The molecule has 180 valence electrons. The fourth-order valence-electron chi connectivity index (χ4n) is 4.99. The largest absolute Gasteiger partial charge is 0.496 e. The van der Waals surface area contributed by atoms with E-state index in [-0.39, 0.29) is 10.8 Å². The Morgan fingerprint density at radius 3 is 2.41 bits per heavy atom. The van der Waals surface area contributed by atoms with Crippen LogP contribution in [0.15, 0.2) is 23.1 Å². The van der Waals surface area contributed by atoms with Gasteiger partial charge in [0.25, 0.3) is 5.91 Å². The molecular formula is C24H39N3O4S. The Labute approximate surface area is 193 Å². The summed E-state index contributed by atoms with van der Waals surface area (Å²) in [5, 5.41) is 0. The minimum absolute atomic E-state index is 0.138. The summed E-state index contributed by atoms with van der Waals surface area (Å²) in [5.74, 6) is 1.04. The molecule has 1 aliphatic carbocycles. The highest BCUT2D eigenvalue weighted by Gasteiger charge is 2.28. The summed E-state index contributed by atoms with van der Waals surface area (Å²) in [6.07, 6.45) is 7.63. The zero-order chi connectivity index (χ0) is 23.1. The highest BCUT2D eigenvalue weighted by atomic mass is 32.2. The molecule has 0 unspecified atom stereocenters. The Morgan fingerprint density at radius 1 is 1.03 bits per heavy atom. The fraction of sp³-hybridized carbons (Fsp3) is 0.708. The lowest BCUT2D eigenvalue weighted by atomic mass is 9.89. The fourth-order valence-corrected chi connectivity index (χ4v) is 6.47. The molecule has 2 fully saturated rings. The van der Waals surface area contributed by atoms with Gasteiger partial charge in [0.05, 0.1) is 17.6 Å². The third-order valence-electron chi connectivity index (χ3n) is 6.86. The summed E-state index contributed by atoms with van der Waals surface area (Å²) in [5.41, 5.74) is 0.321. The van der Waals surface area contributed by atoms with Crippen molar-refractivity contribution in [2.75, 3.05) is 52.9 Å². The molecule has 0 atom stereocenters. The van der Waals surface area contributed by atoms with E-state index < -0.39 is 10.0 Å². The molecule has 3 rings (SSSR count). The van der Waals surface area contributed by atoms with Crippen LogP contribution in [0, 0.1) is 5.92 Å². The molecular weight excluding hydrogens is 426 g/mol. The molecule has 1 amide bonds. The van der Waals surface area contributed by atoms with E-state index in [2.05, 4.69) is 4.90 Å². The van der Waals surface area contributed by atoms with Gasteiger partial charge in [0, 0.05) is 39.3 Å². The van der Waals surface area contributed by atoms with Crippen molar-refractivity contribution in [3.8, 4) is 5.75 Å². The Hall–Kier alpha value is -1.64. The van der Waals surface area contributed by atoms with Gasteiger partial charge in [-0.1, -0.05) is 33.1 Å². The van der Waals surface area contributed by atoms with Gasteiger partial charge in [0.2, 0.25) is 10.0 Å². The number of amides is 1. The Kier molecular flexibility index (Phi) is 8.96. The van der Waals surface area contributed by atoms with Crippen molar-refractivity contribution >= 4 is 15.9 Å². The zero-order valence-electron chi connectivity index (χ0n) is 19.9. The summed E-state index contributed by atoms with van der Waals surface area (Å²) >= 11 is 0. The van der Waals surface area contributed by atoms with Crippen molar-refractivity contribution in [1.82, 2.24) is 14.1 Å². The van der Waals surface area contributed by atoms with Crippen LogP contribution in [0.3, 0.4) is 0 Å². The van der Waals surface area contributed by atoms with Crippen LogP contribution in [-0.2, 0) is 10.0 Å². The first-order valence-electron chi connectivity index (χ1n) is 12.1. The maximum atomic E-state index is 13.4. The zero-order valence-corrected chi connectivity index (χ0v) is 20.7. The maximum Gasteiger partial charge on any atom is 0.257 e. The molecule has 2 aliphatic rings. The van der Waals surface area contributed by atoms with Gasteiger partial charge in [-0.25, -0.2) is 8.42 Å². The third-order valence-corrected chi connectivity index (χ3v) is 8.91. The first-order chi connectivity index (χ1) is 15.4. The molecule has 1 saturated heterocycles. The van der Waals surface area contributed by atoms with Crippen LogP contribution in [-0.4, -0.2) is 81.4 Å². The SMILES string of the molecule is CCN(CC)S(=O)(=O)c1ccc(OC)c(C(=O)N2CCCN(CC3CCCCC3)CC2)c1. The van der Waals surface area contributed by atoms with E-state index in [9.17, 15) is 13.2 Å². The third kappa shape index (κ3) is 5.83. The number of nitrogens with zero attached hydrogens (tertiary/aromatic N) is 3. The highest BCUT2D eigenvalue weighted by Crippen LogP contribution is 2.27. The van der Waals surface area contributed by atoms with Crippen LogP contribution in [0.25, 0.3) is 0 Å². The Balaban J connectivity index is 1.74. The molecule has 1 aliphatic heterocycles. The number of hydrogen-bond donors (Lipinski definition) is 0. The molecule has 0 aromatic heterocycles. The van der Waals surface area contributed by atoms with Crippen molar-refractivity contribution in [2.45, 2.75) is 57.3 Å². The quantitative estimate of drug-likeness (QED) is 0.588. The molecule has 0 bridgehead atoms. The van der Waals surface area contributed by atoms with Crippen molar-refractivity contribution in [1.29, 1.82) is 0 Å². The van der Waals surface area contributed by atoms with Gasteiger partial charge in [-0.3, -0.25) is 4.79 Å². The van der Waals surface area contributed by atoms with Crippen molar-refractivity contribution in [3.63, 3.8) is 0 Å². The topological polar surface area (TPSA) is 70.2 Å². The number of sulfonamides is 1. The van der Waals surface area contributed by atoms with Crippen molar-refractivity contribution < 1.29 is 17.9 Å². The summed E-state index contributed by atoms with van der Waals surface area (Å²) in [4.78, 5) is 17.9. The number of methoxy groups -OCH3 is 1. The van der Waals surface area contributed by atoms with Crippen LogP contribution in [0.1, 0.15) is 62.7 Å². The molecule has 0 radical (unpaired) electrons. The van der Waals surface area contributed by atoms with E-state index in [1.165, 1.54) is 55.7 Å². The van der Waals surface area contributed by atoms with Gasteiger partial charge in [0.15, 0.2) is 0 Å². The smallest absolute Gasteiger partial charge is 0.257 e. The number of benzene rings is 1. The number of rotatable bonds is 8. The first-order valence-corrected chi connectivity index (χ1v) is 13.5. The highest BCUT2D eigenvalue weighted by molar-refractivity contribution is 7.89. The summed E-state index contributed by atoms with van der Waals surface area (Å²) in [6.45, 7) is 8.73. The number of carbonyl (C=O) groups is 1. The monoisotopic (exact) mass is 465 g/mol. The van der Waals surface area contributed by atoms with Gasteiger partial charge in [-0.2, -0.15) is 4.31 Å². The lowest BCUT2D eigenvalue weighted by molar-refractivity contribution is 0.0756. The molecule has 7 nitrogen and oxygen atoms in total. The number of hydrogen-bond acceptors (Lipinski definition) is 5. The molecule has 1 aromatic rings. The normalized spacial score (nSPS) is 19.2. The van der Waals surface area contributed by atoms with E-state index in [1.54, 1.807) is 6.07 Å². The molecule has 8 heteroatoms.